The second kappa shape index (κ2) is 5.90. The molecule has 0 saturated carbocycles. The van der Waals surface area contributed by atoms with Crippen molar-refractivity contribution in [3.8, 4) is 5.75 Å². The first-order valence-corrected chi connectivity index (χ1v) is 7.75. The average molecular weight is 346 g/mol. The molecule has 108 valence electrons. The Morgan fingerprint density at radius 1 is 1.24 bits per heavy atom. The number of amides is 1. The van der Waals surface area contributed by atoms with Crippen LogP contribution in [0.25, 0.3) is 0 Å². The molecule has 2 aromatic carbocycles. The van der Waals surface area contributed by atoms with Crippen LogP contribution in [0.3, 0.4) is 0 Å². The predicted molar refractivity (Wildman–Crippen MR) is 87.1 cm³/mol. The van der Waals surface area contributed by atoms with Crippen LogP contribution in [0.4, 0.5) is 5.69 Å². The molecule has 4 heteroatoms. The van der Waals surface area contributed by atoms with Gasteiger partial charge in [-0.25, -0.2) is 0 Å². The summed E-state index contributed by atoms with van der Waals surface area (Å²) in [5.41, 5.74) is 2.60. The fourth-order valence-electron chi connectivity index (χ4n) is 2.55. The molecule has 0 saturated heterocycles. The zero-order valence-electron chi connectivity index (χ0n) is 11.8. The Labute approximate surface area is 132 Å². The van der Waals surface area contributed by atoms with E-state index in [2.05, 4.69) is 15.9 Å². The largest absolute Gasteiger partial charge is 0.491 e. The normalized spacial score (nSPS) is 14.1. The molecule has 0 unspecified atom stereocenters. The molecule has 3 nitrogen and oxygen atoms in total. The van der Waals surface area contributed by atoms with Crippen LogP contribution in [0.1, 0.15) is 22.3 Å². The molecule has 0 spiro atoms. The van der Waals surface area contributed by atoms with Gasteiger partial charge in [-0.15, -0.1) is 0 Å². The van der Waals surface area contributed by atoms with Crippen molar-refractivity contribution in [2.45, 2.75) is 13.3 Å². The molecule has 0 radical (unpaired) electrons. The third-order valence-corrected chi connectivity index (χ3v) is 3.93. The quantitative estimate of drug-likeness (QED) is 0.775. The first kappa shape index (κ1) is 14.1. The van der Waals surface area contributed by atoms with Crippen molar-refractivity contribution < 1.29 is 9.53 Å². The van der Waals surface area contributed by atoms with Gasteiger partial charge in [-0.3, -0.25) is 4.79 Å². The van der Waals surface area contributed by atoms with Gasteiger partial charge in [0.05, 0.1) is 12.3 Å². The number of ether oxygens (including phenoxy) is 1. The van der Waals surface area contributed by atoms with Crippen molar-refractivity contribution in [3.05, 3.63) is 58.1 Å². The van der Waals surface area contributed by atoms with E-state index < -0.39 is 0 Å². The Morgan fingerprint density at radius 3 is 2.86 bits per heavy atom. The van der Waals surface area contributed by atoms with Gasteiger partial charge in [0, 0.05) is 16.6 Å². The molecule has 2 aromatic rings. The molecule has 1 amide bonds. The molecule has 1 heterocycles. The van der Waals surface area contributed by atoms with Gasteiger partial charge < -0.3 is 9.64 Å². The number of carbonyl (C=O) groups is 1. The highest BCUT2D eigenvalue weighted by molar-refractivity contribution is 9.10. The van der Waals surface area contributed by atoms with Gasteiger partial charge in [0.1, 0.15) is 5.75 Å². The highest BCUT2D eigenvalue weighted by Gasteiger charge is 2.23. The predicted octanol–water partition coefficient (Wildman–Crippen LogP) is 4.19. The fraction of sp³-hybridized carbons (Fsp3) is 0.235. The molecular formula is C17H16BrNO2. The van der Waals surface area contributed by atoms with E-state index in [1.807, 2.05) is 54.3 Å². The lowest BCUT2D eigenvalue weighted by Crippen LogP contribution is -2.31. The summed E-state index contributed by atoms with van der Waals surface area (Å²) in [5, 5.41) is 0. The van der Waals surface area contributed by atoms with Crippen LogP contribution < -0.4 is 9.64 Å². The van der Waals surface area contributed by atoms with Crippen LogP contribution in [0.2, 0.25) is 0 Å². The Hall–Kier alpha value is -1.81. The molecule has 21 heavy (non-hydrogen) atoms. The maximum Gasteiger partial charge on any atom is 0.258 e. The van der Waals surface area contributed by atoms with E-state index in [-0.39, 0.29) is 5.91 Å². The maximum atomic E-state index is 12.9. The summed E-state index contributed by atoms with van der Waals surface area (Å²) in [7, 11) is 0. The van der Waals surface area contributed by atoms with E-state index in [0.29, 0.717) is 18.7 Å². The number of anilines is 1. The smallest absolute Gasteiger partial charge is 0.258 e. The number of carbonyl (C=O) groups excluding carboxylic acids is 1. The van der Waals surface area contributed by atoms with Gasteiger partial charge >= 0.3 is 0 Å². The number of hydrogen-bond donors (Lipinski definition) is 0. The van der Waals surface area contributed by atoms with Crippen molar-refractivity contribution in [2.75, 3.05) is 18.1 Å². The highest BCUT2D eigenvalue weighted by Crippen LogP contribution is 2.32. The summed E-state index contributed by atoms with van der Waals surface area (Å²) < 4.78 is 6.63. The van der Waals surface area contributed by atoms with Crippen LogP contribution in [0.15, 0.2) is 46.9 Å². The maximum absolute atomic E-state index is 12.9. The van der Waals surface area contributed by atoms with E-state index in [1.165, 1.54) is 0 Å². The van der Waals surface area contributed by atoms with E-state index in [4.69, 9.17) is 4.74 Å². The number of benzene rings is 2. The number of hydrogen-bond acceptors (Lipinski definition) is 2. The second-order valence-electron chi connectivity index (χ2n) is 5.14. The molecule has 0 fully saturated rings. The Balaban J connectivity index is 2.01. The Morgan fingerprint density at radius 2 is 2.05 bits per heavy atom. The molecular weight excluding hydrogens is 330 g/mol. The minimum absolute atomic E-state index is 0.0114. The standard InChI is InChI=1S/C17H16BrNO2/c1-12-9-13(11-14(18)10-12)17(20)19-7-4-8-21-16-6-3-2-5-15(16)19/h2-3,5-6,9-11H,4,7-8H2,1H3. The third-order valence-electron chi connectivity index (χ3n) is 3.47. The molecule has 1 aliphatic heterocycles. The van der Waals surface area contributed by atoms with Gasteiger partial charge in [0.2, 0.25) is 0 Å². The molecule has 0 atom stereocenters. The minimum Gasteiger partial charge on any atom is -0.491 e. The third kappa shape index (κ3) is 2.95. The number of rotatable bonds is 1. The lowest BCUT2D eigenvalue weighted by molar-refractivity contribution is 0.0987. The van der Waals surface area contributed by atoms with Gasteiger partial charge in [-0.05, 0) is 49.2 Å². The van der Waals surface area contributed by atoms with Crippen LogP contribution in [-0.4, -0.2) is 19.1 Å². The van der Waals surface area contributed by atoms with Gasteiger partial charge in [-0.2, -0.15) is 0 Å². The first-order chi connectivity index (χ1) is 10.1. The molecule has 0 aliphatic carbocycles. The summed E-state index contributed by atoms with van der Waals surface area (Å²) in [6.07, 6.45) is 0.827. The van der Waals surface area contributed by atoms with Crippen LogP contribution in [0.5, 0.6) is 5.75 Å². The second-order valence-corrected chi connectivity index (χ2v) is 6.06. The van der Waals surface area contributed by atoms with Gasteiger partial charge in [0.15, 0.2) is 0 Å². The lowest BCUT2D eigenvalue weighted by Gasteiger charge is -2.22. The summed E-state index contributed by atoms with van der Waals surface area (Å²) in [5.74, 6) is 0.785. The first-order valence-electron chi connectivity index (χ1n) is 6.96. The Kier molecular flexibility index (Phi) is 3.97. The average Bonchev–Trinajstić information content (AvgIpc) is 2.68. The van der Waals surface area contributed by atoms with Crippen molar-refractivity contribution in [1.82, 2.24) is 0 Å². The summed E-state index contributed by atoms with van der Waals surface area (Å²) >= 11 is 3.46. The molecule has 1 aliphatic rings. The summed E-state index contributed by atoms with van der Waals surface area (Å²) in [4.78, 5) is 14.7. The molecule has 0 N–H and O–H groups in total. The number of aryl methyl sites for hydroxylation is 1. The zero-order chi connectivity index (χ0) is 14.8. The minimum atomic E-state index is 0.0114. The monoisotopic (exact) mass is 345 g/mol. The van der Waals surface area contributed by atoms with Crippen molar-refractivity contribution in [1.29, 1.82) is 0 Å². The number of halogens is 1. The van der Waals surface area contributed by atoms with Crippen molar-refractivity contribution in [2.24, 2.45) is 0 Å². The van der Waals surface area contributed by atoms with E-state index in [1.54, 1.807) is 0 Å². The van der Waals surface area contributed by atoms with Gasteiger partial charge in [-0.1, -0.05) is 28.1 Å². The highest BCUT2D eigenvalue weighted by atomic mass is 79.9. The van der Waals surface area contributed by atoms with E-state index in [9.17, 15) is 4.79 Å². The fourth-order valence-corrected chi connectivity index (χ4v) is 3.16. The summed E-state index contributed by atoms with van der Waals surface area (Å²) in [6.45, 7) is 3.29. The SMILES string of the molecule is Cc1cc(Br)cc(C(=O)N2CCCOc3ccccc32)c1. The number of fused-ring (bicyclic) bond motifs is 1. The van der Waals surface area contributed by atoms with Crippen LogP contribution >= 0.6 is 15.9 Å². The van der Waals surface area contributed by atoms with E-state index in [0.717, 1.165) is 27.9 Å². The molecule has 0 bridgehead atoms. The molecule has 0 aromatic heterocycles. The number of nitrogens with zero attached hydrogens (tertiary/aromatic N) is 1. The van der Waals surface area contributed by atoms with Crippen molar-refractivity contribution in [3.63, 3.8) is 0 Å². The lowest BCUT2D eigenvalue weighted by atomic mass is 10.1. The molecule has 3 rings (SSSR count). The Bertz CT molecular complexity index is 664. The number of para-hydroxylation sites is 2. The zero-order valence-corrected chi connectivity index (χ0v) is 13.4. The van der Waals surface area contributed by atoms with Crippen LogP contribution in [0, 0.1) is 6.92 Å². The van der Waals surface area contributed by atoms with Crippen molar-refractivity contribution >= 4 is 27.5 Å². The van der Waals surface area contributed by atoms with Crippen LogP contribution in [-0.2, 0) is 0 Å². The summed E-state index contributed by atoms with van der Waals surface area (Å²) in [6, 6.07) is 13.5. The van der Waals surface area contributed by atoms with E-state index >= 15 is 0 Å². The van der Waals surface area contributed by atoms with Gasteiger partial charge in [0.25, 0.3) is 5.91 Å². The topological polar surface area (TPSA) is 29.5 Å².